The predicted molar refractivity (Wildman–Crippen MR) is 65.9 cm³/mol. The van der Waals surface area contributed by atoms with Crippen molar-refractivity contribution in [3.05, 3.63) is 34.9 Å². The summed E-state index contributed by atoms with van der Waals surface area (Å²) in [6, 6.07) is 2.45. The summed E-state index contributed by atoms with van der Waals surface area (Å²) in [6.07, 6.45) is -2.01. The molecule has 1 aliphatic carbocycles. The first-order valence-corrected chi connectivity index (χ1v) is 6.51. The molecule has 1 aromatic carbocycles. The molecule has 1 nitrogen and oxygen atoms in total. The van der Waals surface area contributed by atoms with Gasteiger partial charge in [0, 0.05) is 0 Å². The van der Waals surface area contributed by atoms with E-state index in [1.54, 1.807) is 6.07 Å². The highest BCUT2D eigenvalue weighted by molar-refractivity contribution is 5.36. The van der Waals surface area contributed by atoms with Crippen LogP contribution in [0.3, 0.4) is 0 Å². The third-order valence-corrected chi connectivity index (χ3v) is 3.74. The maximum Gasteiger partial charge on any atom is 0.455 e. The molecule has 1 aromatic rings. The predicted octanol–water partition coefficient (Wildman–Crippen LogP) is 4.02. The van der Waals surface area contributed by atoms with Crippen molar-refractivity contribution >= 4 is 0 Å². The Hall–Kier alpha value is -1.17. The molecule has 2 rings (SSSR count). The van der Waals surface area contributed by atoms with Crippen LogP contribution in [0, 0.1) is 0 Å². The fourth-order valence-electron chi connectivity index (χ4n) is 2.65. The second kappa shape index (κ2) is 5.31. The lowest BCUT2D eigenvalue weighted by Gasteiger charge is -2.29. The van der Waals surface area contributed by atoms with E-state index in [1.807, 2.05) is 0 Å². The second-order valence-electron chi connectivity index (χ2n) is 5.08. The molecule has 0 bridgehead atoms. The third-order valence-electron chi connectivity index (χ3n) is 3.74. The summed E-state index contributed by atoms with van der Waals surface area (Å²) in [6.45, 7) is 0. The van der Waals surface area contributed by atoms with E-state index in [2.05, 4.69) is 5.32 Å². The van der Waals surface area contributed by atoms with Gasteiger partial charge >= 0.3 is 12.1 Å². The normalized spacial score (nSPS) is 17.7. The van der Waals surface area contributed by atoms with Crippen molar-refractivity contribution in [3.63, 3.8) is 0 Å². The molecule has 0 aromatic heterocycles. The smallest absolute Gasteiger partial charge is 0.308 e. The molecule has 1 aliphatic rings. The van der Waals surface area contributed by atoms with Gasteiger partial charge in [0.2, 0.25) is 0 Å². The van der Waals surface area contributed by atoms with Gasteiger partial charge in [0.1, 0.15) is 6.04 Å². The van der Waals surface area contributed by atoms with E-state index in [9.17, 15) is 22.0 Å². The minimum atomic E-state index is -5.57. The van der Waals surface area contributed by atoms with E-state index in [4.69, 9.17) is 0 Å². The molecule has 0 spiro atoms. The lowest BCUT2D eigenvalue weighted by atomic mass is 9.88. The highest BCUT2D eigenvalue weighted by Crippen LogP contribution is 2.44. The Balaban J connectivity index is 2.37. The minimum absolute atomic E-state index is 0.0181. The van der Waals surface area contributed by atoms with Gasteiger partial charge in [-0.3, -0.25) is 0 Å². The monoisotopic (exact) mass is 293 g/mol. The Bertz CT molecular complexity index is 481. The first-order chi connectivity index (χ1) is 9.27. The topological polar surface area (TPSA) is 12.0 Å². The van der Waals surface area contributed by atoms with Crippen LogP contribution in [0.4, 0.5) is 22.0 Å². The highest BCUT2D eigenvalue weighted by Gasteiger charge is 2.62. The number of alkyl halides is 5. The number of hydrogen-bond acceptors (Lipinski definition) is 1. The molecule has 1 N–H and O–H groups in total. The van der Waals surface area contributed by atoms with E-state index >= 15 is 0 Å². The summed E-state index contributed by atoms with van der Waals surface area (Å²) in [5.41, 5.74) is 1.91. The van der Waals surface area contributed by atoms with E-state index in [0.29, 0.717) is 0 Å². The number of hydrogen-bond donors (Lipinski definition) is 1. The molecule has 0 aliphatic heterocycles. The number of aryl methyl sites for hydroxylation is 2. The zero-order valence-electron chi connectivity index (χ0n) is 11.0. The number of halogens is 5. The Morgan fingerprint density at radius 1 is 1.00 bits per heavy atom. The molecular weight excluding hydrogens is 277 g/mol. The molecule has 0 saturated heterocycles. The van der Waals surface area contributed by atoms with Gasteiger partial charge in [-0.25, -0.2) is 0 Å². The molecule has 0 fully saturated rings. The van der Waals surface area contributed by atoms with Gasteiger partial charge in [0.05, 0.1) is 0 Å². The quantitative estimate of drug-likeness (QED) is 0.830. The molecular formula is C14H16F5N. The summed E-state index contributed by atoms with van der Waals surface area (Å²) in [5, 5.41) is 2.10. The molecule has 0 heterocycles. The lowest BCUT2D eigenvalue weighted by Crippen LogP contribution is -2.47. The molecule has 0 radical (unpaired) electrons. The van der Waals surface area contributed by atoms with Gasteiger partial charge in [-0.2, -0.15) is 22.0 Å². The van der Waals surface area contributed by atoms with Crippen LogP contribution in [0.5, 0.6) is 0 Å². The SMILES string of the molecule is CNC(c1ccc2c(c1)CCCC2)C(F)(F)C(F)(F)F. The van der Waals surface area contributed by atoms with E-state index in [-0.39, 0.29) is 5.56 Å². The summed E-state index contributed by atoms with van der Waals surface area (Å²) in [4.78, 5) is 0. The van der Waals surface area contributed by atoms with Gasteiger partial charge in [-0.05, 0) is 49.4 Å². The highest BCUT2D eigenvalue weighted by atomic mass is 19.4. The van der Waals surface area contributed by atoms with E-state index < -0.39 is 18.1 Å². The Kier molecular flexibility index (Phi) is 4.04. The maximum atomic E-state index is 13.5. The van der Waals surface area contributed by atoms with Crippen molar-refractivity contribution in [1.82, 2.24) is 5.32 Å². The van der Waals surface area contributed by atoms with Crippen LogP contribution in [0.1, 0.15) is 35.6 Å². The van der Waals surface area contributed by atoms with Gasteiger partial charge in [0.15, 0.2) is 0 Å². The average molecular weight is 293 g/mol. The number of benzene rings is 1. The average Bonchev–Trinajstić information content (AvgIpc) is 2.38. The van der Waals surface area contributed by atoms with Crippen LogP contribution in [-0.2, 0) is 12.8 Å². The van der Waals surface area contributed by atoms with Crippen LogP contribution in [0.15, 0.2) is 18.2 Å². The van der Waals surface area contributed by atoms with Crippen LogP contribution in [-0.4, -0.2) is 19.1 Å². The summed E-state index contributed by atoms with van der Waals surface area (Å²) >= 11 is 0. The molecule has 1 atom stereocenters. The zero-order valence-corrected chi connectivity index (χ0v) is 11.0. The summed E-state index contributed by atoms with van der Waals surface area (Å²) in [7, 11) is 1.11. The van der Waals surface area contributed by atoms with Crippen LogP contribution in [0.25, 0.3) is 0 Å². The maximum absolute atomic E-state index is 13.5. The molecule has 0 saturated carbocycles. The van der Waals surface area contributed by atoms with Crippen molar-refractivity contribution in [1.29, 1.82) is 0 Å². The summed E-state index contributed by atoms with van der Waals surface area (Å²) in [5.74, 6) is -4.80. The standard InChI is InChI=1S/C14H16F5N/c1-20-12(13(15,16)14(17,18)19)11-7-6-9-4-2-3-5-10(9)8-11/h6-8,12,20H,2-5H2,1H3. The molecule has 6 heteroatoms. The molecule has 20 heavy (non-hydrogen) atoms. The van der Waals surface area contributed by atoms with Crippen LogP contribution in [0.2, 0.25) is 0 Å². The van der Waals surface area contributed by atoms with Crippen molar-refractivity contribution in [2.45, 2.75) is 43.8 Å². The first kappa shape index (κ1) is 15.2. The Morgan fingerprint density at radius 2 is 1.60 bits per heavy atom. The van der Waals surface area contributed by atoms with Crippen molar-refractivity contribution in [3.8, 4) is 0 Å². The lowest BCUT2D eigenvalue weighted by molar-refractivity contribution is -0.293. The van der Waals surface area contributed by atoms with Crippen molar-refractivity contribution in [2.24, 2.45) is 0 Å². The third kappa shape index (κ3) is 2.66. The number of nitrogens with one attached hydrogen (secondary N) is 1. The van der Waals surface area contributed by atoms with Crippen molar-refractivity contribution < 1.29 is 22.0 Å². The number of rotatable bonds is 3. The van der Waals surface area contributed by atoms with Gasteiger partial charge in [0.25, 0.3) is 0 Å². The number of fused-ring (bicyclic) bond motifs is 1. The van der Waals surface area contributed by atoms with E-state index in [1.165, 1.54) is 12.1 Å². The van der Waals surface area contributed by atoms with Crippen molar-refractivity contribution in [2.75, 3.05) is 7.05 Å². The fraction of sp³-hybridized carbons (Fsp3) is 0.571. The molecule has 1 unspecified atom stereocenters. The van der Waals surface area contributed by atoms with Crippen LogP contribution < -0.4 is 5.32 Å². The van der Waals surface area contributed by atoms with Gasteiger partial charge in [-0.15, -0.1) is 0 Å². The fourth-order valence-corrected chi connectivity index (χ4v) is 2.65. The summed E-state index contributed by atoms with van der Waals surface area (Å²) < 4.78 is 64.6. The molecule has 0 amide bonds. The van der Waals surface area contributed by atoms with Gasteiger partial charge < -0.3 is 5.32 Å². The van der Waals surface area contributed by atoms with Crippen LogP contribution >= 0.6 is 0 Å². The second-order valence-corrected chi connectivity index (χ2v) is 5.08. The molecule has 112 valence electrons. The largest absolute Gasteiger partial charge is 0.455 e. The Labute approximate surface area is 114 Å². The minimum Gasteiger partial charge on any atom is -0.308 e. The van der Waals surface area contributed by atoms with E-state index in [0.717, 1.165) is 43.9 Å². The zero-order chi connectivity index (χ0) is 15.0. The Morgan fingerprint density at radius 3 is 2.15 bits per heavy atom. The van der Waals surface area contributed by atoms with Gasteiger partial charge in [-0.1, -0.05) is 18.2 Å². The first-order valence-electron chi connectivity index (χ1n) is 6.51.